The highest BCUT2D eigenvalue weighted by Gasteiger charge is 2.23. The van der Waals surface area contributed by atoms with E-state index in [0.29, 0.717) is 6.54 Å². The minimum absolute atomic E-state index is 0.0838. The molecule has 2 amide bonds. The summed E-state index contributed by atoms with van der Waals surface area (Å²) in [5, 5.41) is 2.96. The van der Waals surface area contributed by atoms with Crippen LogP contribution in [0, 0.1) is 6.92 Å². The minimum Gasteiger partial charge on any atom is -0.337 e. The smallest absolute Gasteiger partial charge is 0.238 e. The predicted octanol–water partition coefficient (Wildman–Crippen LogP) is 3.23. The summed E-state index contributed by atoms with van der Waals surface area (Å²) in [6.45, 7) is 6.65. The standard InChI is InChI=1S/C23H29N3O2/c1-3-13-25(16-22(27)24-21-11-7-4-8-18(21)2)17-23(28)26-14-12-19-9-5-6-10-20(19)15-26/h4-11H,3,12-17H2,1-2H3,(H,24,27). The number of benzene rings is 2. The monoisotopic (exact) mass is 379 g/mol. The highest BCUT2D eigenvalue weighted by Crippen LogP contribution is 2.19. The first-order valence-electron chi connectivity index (χ1n) is 9.99. The van der Waals surface area contributed by atoms with Gasteiger partial charge in [0.2, 0.25) is 11.8 Å². The van der Waals surface area contributed by atoms with Gasteiger partial charge in [0.25, 0.3) is 0 Å². The van der Waals surface area contributed by atoms with Crippen LogP contribution in [-0.4, -0.2) is 47.8 Å². The molecule has 148 valence electrons. The highest BCUT2D eigenvalue weighted by molar-refractivity contribution is 5.93. The number of fused-ring (bicyclic) bond motifs is 1. The van der Waals surface area contributed by atoms with Crippen LogP contribution in [0.15, 0.2) is 48.5 Å². The van der Waals surface area contributed by atoms with Crippen LogP contribution in [0.25, 0.3) is 0 Å². The zero-order valence-electron chi connectivity index (χ0n) is 16.8. The van der Waals surface area contributed by atoms with Gasteiger partial charge in [0, 0.05) is 18.8 Å². The number of nitrogens with zero attached hydrogens (tertiary/aromatic N) is 2. The van der Waals surface area contributed by atoms with Gasteiger partial charge in [0.05, 0.1) is 13.1 Å². The number of hydrogen-bond acceptors (Lipinski definition) is 3. The Morgan fingerprint density at radius 1 is 1.04 bits per heavy atom. The first-order chi connectivity index (χ1) is 13.6. The summed E-state index contributed by atoms with van der Waals surface area (Å²) in [5.41, 5.74) is 4.40. The molecule has 0 saturated carbocycles. The summed E-state index contributed by atoms with van der Waals surface area (Å²) in [7, 11) is 0. The number of anilines is 1. The van der Waals surface area contributed by atoms with Gasteiger partial charge in [-0.25, -0.2) is 0 Å². The van der Waals surface area contributed by atoms with Crippen molar-refractivity contribution >= 4 is 17.5 Å². The average molecular weight is 380 g/mol. The van der Waals surface area contributed by atoms with Crippen molar-refractivity contribution in [3.8, 4) is 0 Å². The number of rotatable bonds is 7. The number of nitrogens with one attached hydrogen (secondary N) is 1. The highest BCUT2D eigenvalue weighted by atomic mass is 16.2. The molecule has 2 aromatic rings. The van der Waals surface area contributed by atoms with E-state index in [1.807, 2.05) is 53.1 Å². The second-order valence-electron chi connectivity index (χ2n) is 7.41. The SMILES string of the molecule is CCCN(CC(=O)Nc1ccccc1C)CC(=O)N1CCc2ccccc2C1. The van der Waals surface area contributed by atoms with E-state index in [4.69, 9.17) is 0 Å². The van der Waals surface area contributed by atoms with Gasteiger partial charge in [-0.15, -0.1) is 0 Å². The molecule has 1 aliphatic heterocycles. The van der Waals surface area contributed by atoms with Gasteiger partial charge < -0.3 is 10.2 Å². The molecule has 1 aliphatic rings. The van der Waals surface area contributed by atoms with Crippen LogP contribution in [-0.2, 0) is 22.6 Å². The van der Waals surface area contributed by atoms with Gasteiger partial charge in [0.1, 0.15) is 0 Å². The summed E-state index contributed by atoms with van der Waals surface area (Å²) >= 11 is 0. The quantitative estimate of drug-likeness (QED) is 0.804. The molecule has 28 heavy (non-hydrogen) atoms. The Bertz CT molecular complexity index is 834. The Morgan fingerprint density at radius 3 is 2.50 bits per heavy atom. The van der Waals surface area contributed by atoms with E-state index in [2.05, 4.69) is 24.4 Å². The molecule has 0 atom stereocenters. The summed E-state index contributed by atoms with van der Waals surface area (Å²) in [6, 6.07) is 16.0. The number of para-hydroxylation sites is 1. The summed E-state index contributed by atoms with van der Waals surface area (Å²) in [5.74, 6) is 0.00573. The minimum atomic E-state index is -0.0838. The fourth-order valence-electron chi connectivity index (χ4n) is 3.64. The Kier molecular flexibility index (Phi) is 6.82. The largest absolute Gasteiger partial charge is 0.337 e. The van der Waals surface area contributed by atoms with E-state index in [1.54, 1.807) is 0 Å². The van der Waals surface area contributed by atoms with Crippen molar-refractivity contribution in [1.82, 2.24) is 9.80 Å². The van der Waals surface area contributed by atoms with Crippen LogP contribution in [0.1, 0.15) is 30.0 Å². The van der Waals surface area contributed by atoms with Crippen LogP contribution in [0.5, 0.6) is 0 Å². The topological polar surface area (TPSA) is 52.7 Å². The normalized spacial score (nSPS) is 13.3. The Labute approximate surface area is 167 Å². The van der Waals surface area contributed by atoms with Crippen molar-refractivity contribution in [2.75, 3.05) is 31.5 Å². The number of carbonyl (C=O) groups excluding carboxylic acids is 2. The second kappa shape index (κ2) is 9.51. The van der Waals surface area contributed by atoms with Crippen LogP contribution in [0.2, 0.25) is 0 Å². The first-order valence-corrected chi connectivity index (χ1v) is 9.99. The van der Waals surface area contributed by atoms with Gasteiger partial charge in [-0.2, -0.15) is 0 Å². The molecule has 1 heterocycles. The van der Waals surface area contributed by atoms with Gasteiger partial charge in [-0.1, -0.05) is 49.4 Å². The molecule has 5 nitrogen and oxygen atoms in total. The van der Waals surface area contributed by atoms with E-state index >= 15 is 0 Å². The molecule has 0 bridgehead atoms. The lowest BCUT2D eigenvalue weighted by Gasteiger charge is -2.31. The van der Waals surface area contributed by atoms with Gasteiger partial charge in [0.15, 0.2) is 0 Å². The lowest BCUT2D eigenvalue weighted by atomic mass is 10.00. The van der Waals surface area contributed by atoms with Crippen LogP contribution in [0.3, 0.4) is 0 Å². The fraction of sp³-hybridized carbons (Fsp3) is 0.391. The van der Waals surface area contributed by atoms with Crippen molar-refractivity contribution < 1.29 is 9.59 Å². The lowest BCUT2D eigenvalue weighted by Crippen LogP contribution is -2.45. The summed E-state index contributed by atoms with van der Waals surface area (Å²) in [6.07, 6.45) is 1.79. The number of carbonyl (C=O) groups is 2. The van der Waals surface area contributed by atoms with E-state index in [9.17, 15) is 9.59 Å². The fourth-order valence-corrected chi connectivity index (χ4v) is 3.64. The number of aryl methyl sites for hydroxylation is 1. The van der Waals surface area contributed by atoms with E-state index in [1.165, 1.54) is 11.1 Å². The Hall–Kier alpha value is -2.66. The van der Waals surface area contributed by atoms with E-state index in [0.717, 1.165) is 37.2 Å². The summed E-state index contributed by atoms with van der Waals surface area (Å²) in [4.78, 5) is 29.2. The van der Waals surface area contributed by atoms with E-state index < -0.39 is 0 Å². The molecule has 3 rings (SSSR count). The molecule has 5 heteroatoms. The molecule has 0 unspecified atom stereocenters. The average Bonchev–Trinajstić information content (AvgIpc) is 2.69. The molecule has 0 aromatic heterocycles. The first kappa shape index (κ1) is 20.1. The summed E-state index contributed by atoms with van der Waals surface area (Å²) < 4.78 is 0. The lowest BCUT2D eigenvalue weighted by molar-refractivity contribution is -0.133. The van der Waals surface area contributed by atoms with Crippen molar-refractivity contribution in [1.29, 1.82) is 0 Å². The molecule has 0 fully saturated rings. The van der Waals surface area contributed by atoms with Gasteiger partial charge in [-0.05, 0) is 49.1 Å². The second-order valence-corrected chi connectivity index (χ2v) is 7.41. The molecule has 0 radical (unpaired) electrons. The predicted molar refractivity (Wildman–Crippen MR) is 112 cm³/mol. The molecule has 0 spiro atoms. The maximum Gasteiger partial charge on any atom is 0.238 e. The third kappa shape index (κ3) is 5.20. The van der Waals surface area contributed by atoms with Crippen molar-refractivity contribution in [3.05, 3.63) is 65.2 Å². The Balaban J connectivity index is 1.57. The molecular weight excluding hydrogens is 350 g/mol. The van der Waals surface area contributed by atoms with Crippen LogP contribution in [0.4, 0.5) is 5.69 Å². The maximum atomic E-state index is 12.8. The van der Waals surface area contributed by atoms with Crippen molar-refractivity contribution in [3.63, 3.8) is 0 Å². The zero-order valence-corrected chi connectivity index (χ0v) is 16.8. The van der Waals surface area contributed by atoms with Gasteiger partial charge in [-0.3, -0.25) is 14.5 Å². The van der Waals surface area contributed by atoms with Crippen molar-refractivity contribution in [2.45, 2.75) is 33.2 Å². The van der Waals surface area contributed by atoms with Gasteiger partial charge >= 0.3 is 0 Å². The van der Waals surface area contributed by atoms with E-state index in [-0.39, 0.29) is 24.9 Å². The number of amides is 2. The molecule has 0 aliphatic carbocycles. The molecule has 1 N–H and O–H groups in total. The third-order valence-electron chi connectivity index (χ3n) is 5.17. The van der Waals surface area contributed by atoms with Crippen molar-refractivity contribution in [2.24, 2.45) is 0 Å². The maximum absolute atomic E-state index is 12.8. The molecular formula is C23H29N3O2. The third-order valence-corrected chi connectivity index (χ3v) is 5.17. The zero-order chi connectivity index (χ0) is 19.9. The molecule has 0 saturated heterocycles. The Morgan fingerprint density at radius 2 is 1.75 bits per heavy atom. The number of hydrogen-bond donors (Lipinski definition) is 1. The van der Waals surface area contributed by atoms with Crippen LogP contribution < -0.4 is 5.32 Å². The van der Waals surface area contributed by atoms with Crippen LogP contribution >= 0.6 is 0 Å². The molecule has 2 aromatic carbocycles.